The minimum absolute atomic E-state index is 0.552. The Labute approximate surface area is 247 Å². The predicted molar refractivity (Wildman–Crippen MR) is 170 cm³/mol. The molecule has 0 aliphatic carbocycles. The maximum Gasteiger partial charge on any atom is 0.182 e. The summed E-state index contributed by atoms with van der Waals surface area (Å²) in [6.07, 6.45) is 4.43. The summed E-state index contributed by atoms with van der Waals surface area (Å²) in [6, 6.07) is 21.4. The fourth-order valence-corrected chi connectivity index (χ4v) is 5.83. The Morgan fingerprint density at radius 3 is 2.24 bits per heavy atom. The third-order valence-electron chi connectivity index (χ3n) is 7.99. The molecule has 0 bridgehead atoms. The second-order valence-electron chi connectivity index (χ2n) is 11.0. The van der Waals surface area contributed by atoms with Crippen molar-refractivity contribution in [1.82, 2.24) is 24.4 Å². The van der Waals surface area contributed by atoms with Crippen molar-refractivity contribution in [3.05, 3.63) is 72.4 Å². The Bertz CT molecular complexity index is 1460. The molecule has 2 fully saturated rings. The van der Waals surface area contributed by atoms with E-state index in [4.69, 9.17) is 27.0 Å². The van der Waals surface area contributed by atoms with Gasteiger partial charge in [-0.2, -0.15) is 0 Å². The molecule has 0 spiro atoms. The number of nitrogens with zero attached hydrogens (tertiary/aromatic N) is 6. The molecule has 2 aliphatic heterocycles. The van der Waals surface area contributed by atoms with Crippen molar-refractivity contribution in [1.29, 1.82) is 0 Å². The van der Waals surface area contributed by atoms with Gasteiger partial charge in [-0.25, -0.2) is 9.50 Å². The van der Waals surface area contributed by atoms with E-state index in [9.17, 15) is 0 Å². The van der Waals surface area contributed by atoms with E-state index in [0.717, 1.165) is 61.0 Å². The zero-order chi connectivity index (χ0) is 28.2. The number of likely N-dealkylation sites (tertiary alicyclic amines) is 1. The van der Waals surface area contributed by atoms with Gasteiger partial charge in [0.1, 0.15) is 5.52 Å². The highest BCUT2D eigenvalue weighted by molar-refractivity contribution is 7.80. The highest BCUT2D eigenvalue weighted by Crippen LogP contribution is 2.25. The van der Waals surface area contributed by atoms with Crippen LogP contribution in [0.4, 0.5) is 17.2 Å². The van der Waals surface area contributed by atoms with E-state index in [-0.39, 0.29) is 0 Å². The molecule has 4 aromatic rings. The predicted octanol–water partition coefficient (Wildman–Crippen LogP) is 4.57. The molecular weight excluding hydrogens is 532 g/mol. The molecule has 2 aliphatic rings. The van der Waals surface area contributed by atoms with Gasteiger partial charge in [0.15, 0.2) is 16.8 Å². The molecule has 2 saturated heterocycles. The van der Waals surface area contributed by atoms with Gasteiger partial charge < -0.3 is 25.2 Å². The third kappa shape index (κ3) is 6.68. The number of fused-ring (bicyclic) bond motifs is 1. The lowest BCUT2D eigenvalue weighted by molar-refractivity contribution is 0.122. The Hall–Kier alpha value is -3.57. The quantitative estimate of drug-likeness (QED) is 0.311. The first kappa shape index (κ1) is 27.6. The highest BCUT2D eigenvalue weighted by Gasteiger charge is 2.21. The fraction of sp³-hybridized carbons (Fsp3) is 0.387. The first-order chi connectivity index (χ1) is 20.0. The van der Waals surface area contributed by atoms with Crippen LogP contribution in [0.1, 0.15) is 18.4 Å². The summed E-state index contributed by atoms with van der Waals surface area (Å²) >= 11 is 5.59. The van der Waals surface area contributed by atoms with Crippen LogP contribution in [-0.2, 0) is 11.3 Å². The standard InChI is InChI=1S/C31H38N8OS/c1-36(2)27-13-16-37(17-14-27)22-23-5-9-25(10-6-23)32-31(41)33-26-11-7-24(8-12-26)29-34-30(38-18-20-40-21-19-38)28-4-3-15-39(28)35-29/h3-12,15,27H,13-14,16-22H2,1-2H3,(H2,32,33,41). The number of aromatic nitrogens is 3. The molecule has 6 rings (SSSR count). The molecular formula is C31H38N8OS. The molecule has 0 radical (unpaired) electrons. The molecule has 9 nitrogen and oxygen atoms in total. The van der Waals surface area contributed by atoms with Crippen molar-refractivity contribution in [2.75, 3.05) is 69.0 Å². The fourth-order valence-electron chi connectivity index (χ4n) is 5.59. The van der Waals surface area contributed by atoms with Crippen molar-refractivity contribution >= 4 is 40.0 Å². The maximum atomic E-state index is 5.59. The molecule has 10 heteroatoms. The van der Waals surface area contributed by atoms with Crippen molar-refractivity contribution in [3.8, 4) is 11.4 Å². The van der Waals surface area contributed by atoms with Crippen molar-refractivity contribution in [2.45, 2.75) is 25.4 Å². The molecule has 0 unspecified atom stereocenters. The number of hydrogen-bond acceptors (Lipinski definition) is 7. The zero-order valence-electron chi connectivity index (χ0n) is 23.8. The number of thiocarbonyl (C=S) groups is 1. The molecule has 0 amide bonds. The van der Waals surface area contributed by atoms with Gasteiger partial charge in [-0.15, -0.1) is 5.10 Å². The second kappa shape index (κ2) is 12.5. The normalized spacial score (nSPS) is 16.8. The van der Waals surface area contributed by atoms with Crippen LogP contribution < -0.4 is 15.5 Å². The molecule has 2 N–H and O–H groups in total. The minimum Gasteiger partial charge on any atom is -0.378 e. The molecule has 2 aromatic heterocycles. The Kier molecular flexibility index (Phi) is 8.43. The zero-order valence-corrected chi connectivity index (χ0v) is 24.6. The molecule has 214 valence electrons. The van der Waals surface area contributed by atoms with Gasteiger partial charge in [-0.3, -0.25) is 4.90 Å². The summed E-state index contributed by atoms with van der Waals surface area (Å²) in [5.41, 5.74) is 5.15. The number of piperidine rings is 1. The van der Waals surface area contributed by atoms with Crippen LogP contribution in [0.25, 0.3) is 16.9 Å². The largest absolute Gasteiger partial charge is 0.378 e. The van der Waals surface area contributed by atoms with Gasteiger partial charge >= 0.3 is 0 Å². The van der Waals surface area contributed by atoms with Crippen molar-refractivity contribution < 1.29 is 4.74 Å². The van der Waals surface area contributed by atoms with E-state index in [0.29, 0.717) is 30.2 Å². The lowest BCUT2D eigenvalue weighted by atomic mass is 10.0. The van der Waals surface area contributed by atoms with E-state index >= 15 is 0 Å². The van der Waals surface area contributed by atoms with Gasteiger partial charge in [0.05, 0.1) is 13.2 Å². The average Bonchev–Trinajstić information content (AvgIpc) is 3.48. The van der Waals surface area contributed by atoms with E-state index in [1.807, 2.05) is 41.0 Å². The summed E-state index contributed by atoms with van der Waals surface area (Å²) < 4.78 is 7.44. The first-order valence-corrected chi connectivity index (χ1v) is 14.8. The third-order valence-corrected chi connectivity index (χ3v) is 8.19. The van der Waals surface area contributed by atoms with Crippen molar-refractivity contribution in [3.63, 3.8) is 0 Å². The van der Waals surface area contributed by atoms with Gasteiger partial charge in [0.25, 0.3) is 0 Å². The van der Waals surface area contributed by atoms with Gasteiger partial charge in [-0.1, -0.05) is 12.1 Å². The number of ether oxygens (including phenoxy) is 1. The SMILES string of the molecule is CN(C)C1CCN(Cc2ccc(NC(=S)Nc3ccc(-c4nc(N5CCOCC5)c5cccn5n4)cc3)cc2)CC1. The minimum atomic E-state index is 0.552. The van der Waals surface area contributed by atoms with Crippen LogP contribution in [0.5, 0.6) is 0 Å². The summed E-state index contributed by atoms with van der Waals surface area (Å²) in [5, 5.41) is 11.9. The van der Waals surface area contributed by atoms with Crippen LogP contribution in [0.2, 0.25) is 0 Å². The van der Waals surface area contributed by atoms with E-state index < -0.39 is 0 Å². The van der Waals surface area contributed by atoms with E-state index in [1.165, 1.54) is 18.4 Å². The molecule has 2 aromatic carbocycles. The van der Waals surface area contributed by atoms with Crippen molar-refractivity contribution in [2.24, 2.45) is 0 Å². The Morgan fingerprint density at radius 1 is 0.927 bits per heavy atom. The monoisotopic (exact) mass is 570 g/mol. The molecule has 41 heavy (non-hydrogen) atoms. The van der Waals surface area contributed by atoms with Gasteiger partial charge in [0, 0.05) is 48.8 Å². The Morgan fingerprint density at radius 2 is 1.59 bits per heavy atom. The first-order valence-electron chi connectivity index (χ1n) is 14.4. The number of benzene rings is 2. The van der Waals surface area contributed by atoms with Crippen LogP contribution in [0.3, 0.4) is 0 Å². The molecule has 0 saturated carbocycles. The van der Waals surface area contributed by atoms with Crippen LogP contribution in [0, 0.1) is 0 Å². The average molecular weight is 571 g/mol. The van der Waals surface area contributed by atoms with Crippen LogP contribution in [-0.4, -0.2) is 89.0 Å². The number of anilines is 3. The summed E-state index contributed by atoms with van der Waals surface area (Å²) in [5.74, 6) is 1.63. The summed E-state index contributed by atoms with van der Waals surface area (Å²) in [6.45, 7) is 6.36. The smallest absolute Gasteiger partial charge is 0.182 e. The molecule has 0 atom stereocenters. The Balaban J connectivity index is 1.05. The maximum absolute atomic E-state index is 5.59. The van der Waals surface area contributed by atoms with Gasteiger partial charge in [-0.05, 0) is 106 Å². The number of rotatable bonds is 7. The highest BCUT2D eigenvalue weighted by atomic mass is 32.1. The number of hydrogen-bond donors (Lipinski definition) is 2. The topological polar surface area (TPSA) is 73.2 Å². The van der Waals surface area contributed by atoms with E-state index in [1.54, 1.807) is 0 Å². The second-order valence-corrected chi connectivity index (χ2v) is 11.4. The lowest BCUT2D eigenvalue weighted by Gasteiger charge is -2.35. The summed E-state index contributed by atoms with van der Waals surface area (Å²) in [4.78, 5) is 12.1. The van der Waals surface area contributed by atoms with Gasteiger partial charge in [0.2, 0.25) is 0 Å². The number of morpholine rings is 1. The van der Waals surface area contributed by atoms with E-state index in [2.05, 4.69) is 69.8 Å². The van der Waals surface area contributed by atoms with Crippen LogP contribution >= 0.6 is 12.2 Å². The lowest BCUT2D eigenvalue weighted by Crippen LogP contribution is -2.41. The van der Waals surface area contributed by atoms with Crippen LogP contribution in [0.15, 0.2) is 66.9 Å². The summed E-state index contributed by atoms with van der Waals surface area (Å²) in [7, 11) is 4.37. The molecule has 4 heterocycles. The number of nitrogens with one attached hydrogen (secondary N) is 2.